The van der Waals surface area contributed by atoms with Crippen molar-refractivity contribution < 1.29 is 19.7 Å². The Kier molecular flexibility index (Phi) is 4.51. The first-order chi connectivity index (χ1) is 13.7. The quantitative estimate of drug-likeness (QED) is 0.443. The molecule has 0 fully saturated rings. The van der Waals surface area contributed by atoms with E-state index < -0.39 is 11.6 Å². The molecule has 0 unspecified atom stereocenters. The summed E-state index contributed by atoms with van der Waals surface area (Å²) in [5.74, 6) is -0.694. The minimum atomic E-state index is -1.85. The van der Waals surface area contributed by atoms with E-state index in [1.165, 1.54) is 0 Å². The maximum Gasteiger partial charge on any atom is 0.343 e. The summed E-state index contributed by atoms with van der Waals surface area (Å²) in [7, 11) is 0. The summed E-state index contributed by atoms with van der Waals surface area (Å²) in [6.07, 6.45) is 1.64. The number of fused-ring (bicyclic) bond motifs is 4. The van der Waals surface area contributed by atoms with Gasteiger partial charge in [0.15, 0.2) is 5.60 Å². The summed E-state index contributed by atoms with van der Waals surface area (Å²) in [5, 5.41) is 21.9. The molecular formula is C21H19BrN2O5. The minimum absolute atomic E-state index is 0.0588. The van der Waals surface area contributed by atoms with Gasteiger partial charge in [0.05, 0.1) is 33.3 Å². The standard InChI is InChI=1S/C21H19BrN2O5/c1-4-16(25)17(22)12-6-11-8-24-15(18(11)23-10(12)3)7-14-13(19(24)26)9-29-20(27)21(14,28)5-2/h4,6-7,25,28H,3,5,8-9H2,1-2H3/b16-4+,17-12+/t21-/m0/s1. The first kappa shape index (κ1) is 19.6. The molecule has 0 amide bonds. The number of rotatable bonds is 2. The molecular weight excluding hydrogens is 440 g/mol. The lowest BCUT2D eigenvalue weighted by Gasteiger charge is -2.31. The summed E-state index contributed by atoms with van der Waals surface area (Å²) in [6, 6.07) is 3.48. The van der Waals surface area contributed by atoms with Crippen LogP contribution >= 0.6 is 15.9 Å². The zero-order chi connectivity index (χ0) is 21.1. The number of aliphatic hydroxyl groups is 2. The molecule has 0 spiro atoms. The Morgan fingerprint density at radius 1 is 1.45 bits per heavy atom. The molecule has 0 radical (unpaired) electrons. The number of aliphatic hydroxyl groups excluding tert-OH is 1. The molecule has 2 N–H and O–H groups in total. The summed E-state index contributed by atoms with van der Waals surface area (Å²) in [5.41, 5.74) is 0.245. The van der Waals surface area contributed by atoms with E-state index in [4.69, 9.17) is 4.74 Å². The summed E-state index contributed by atoms with van der Waals surface area (Å²) in [6.45, 7) is 7.45. The van der Waals surface area contributed by atoms with Crippen molar-refractivity contribution in [3.8, 4) is 11.4 Å². The molecule has 8 heteroatoms. The Morgan fingerprint density at radius 2 is 2.17 bits per heavy atom. The Bertz CT molecular complexity index is 1280. The third-order valence-corrected chi connectivity index (χ3v) is 6.36. The molecule has 1 atom stereocenters. The molecule has 4 heterocycles. The molecule has 7 nitrogen and oxygen atoms in total. The number of aromatic nitrogens is 2. The van der Waals surface area contributed by atoms with E-state index in [9.17, 15) is 19.8 Å². The van der Waals surface area contributed by atoms with E-state index in [1.54, 1.807) is 30.6 Å². The fourth-order valence-corrected chi connectivity index (χ4v) is 4.39. The van der Waals surface area contributed by atoms with Gasteiger partial charge in [-0.2, -0.15) is 0 Å². The van der Waals surface area contributed by atoms with Crippen LogP contribution in [0.25, 0.3) is 22.4 Å². The molecule has 0 aliphatic carbocycles. The molecule has 4 rings (SSSR count). The molecule has 0 aromatic carbocycles. The van der Waals surface area contributed by atoms with Gasteiger partial charge in [0, 0.05) is 16.3 Å². The number of esters is 1. The third-order valence-electron chi connectivity index (χ3n) is 5.53. The summed E-state index contributed by atoms with van der Waals surface area (Å²) in [4.78, 5) is 29.8. The average Bonchev–Trinajstić information content (AvgIpc) is 3.07. The molecule has 2 aliphatic heterocycles. The topological polar surface area (TPSA) is 102 Å². The van der Waals surface area contributed by atoms with Gasteiger partial charge >= 0.3 is 5.97 Å². The van der Waals surface area contributed by atoms with Crippen molar-refractivity contribution in [3.05, 3.63) is 61.6 Å². The van der Waals surface area contributed by atoms with Crippen LogP contribution in [-0.2, 0) is 28.3 Å². The number of allylic oxidation sites excluding steroid dienone is 2. The zero-order valence-electron chi connectivity index (χ0n) is 16.0. The van der Waals surface area contributed by atoms with E-state index in [0.29, 0.717) is 26.4 Å². The minimum Gasteiger partial charge on any atom is -0.507 e. The molecule has 0 saturated carbocycles. The van der Waals surface area contributed by atoms with Crippen molar-refractivity contribution in [1.82, 2.24) is 9.55 Å². The van der Waals surface area contributed by atoms with Gasteiger partial charge in [-0.05, 0) is 47.5 Å². The molecule has 2 aromatic heterocycles. The number of carbonyl (C=O) groups excluding carboxylic acids is 1. The number of ether oxygens (including phenoxy) is 1. The second kappa shape index (κ2) is 6.67. The third kappa shape index (κ3) is 2.70. The maximum atomic E-state index is 13.1. The highest BCUT2D eigenvalue weighted by atomic mass is 79.9. The van der Waals surface area contributed by atoms with Gasteiger partial charge < -0.3 is 19.5 Å². The highest BCUT2D eigenvalue weighted by Crippen LogP contribution is 2.37. The van der Waals surface area contributed by atoms with Crippen LogP contribution < -0.4 is 16.1 Å². The molecule has 2 aromatic rings. The van der Waals surface area contributed by atoms with Gasteiger partial charge in [-0.1, -0.05) is 13.5 Å². The lowest BCUT2D eigenvalue weighted by molar-refractivity contribution is -0.172. The largest absolute Gasteiger partial charge is 0.507 e. The predicted octanol–water partition coefficient (Wildman–Crippen LogP) is 1.30. The number of pyridine rings is 2. The number of cyclic esters (lactones) is 1. The first-order valence-electron chi connectivity index (χ1n) is 9.14. The predicted molar refractivity (Wildman–Crippen MR) is 111 cm³/mol. The van der Waals surface area contributed by atoms with E-state index in [0.717, 1.165) is 5.56 Å². The van der Waals surface area contributed by atoms with Gasteiger partial charge in [0.1, 0.15) is 12.4 Å². The van der Waals surface area contributed by atoms with Crippen molar-refractivity contribution >= 4 is 33.0 Å². The SMILES string of the molecule is C=c1nc2c(c/c1=C(Br)/C(O)=C\C)Cn1c-2cc2c(c1=O)COC(=O)[C@]2(O)CC. The Hall–Kier alpha value is -2.71. The Balaban J connectivity index is 2.00. The van der Waals surface area contributed by atoms with Crippen LogP contribution in [-0.4, -0.2) is 25.7 Å². The maximum absolute atomic E-state index is 13.1. The van der Waals surface area contributed by atoms with Crippen molar-refractivity contribution in [2.75, 3.05) is 0 Å². The summed E-state index contributed by atoms with van der Waals surface area (Å²) >= 11 is 3.37. The molecule has 2 aliphatic rings. The number of carbonyl (C=O) groups is 1. The summed E-state index contributed by atoms with van der Waals surface area (Å²) < 4.78 is 7.08. The van der Waals surface area contributed by atoms with Gasteiger partial charge in [-0.25, -0.2) is 9.78 Å². The van der Waals surface area contributed by atoms with Crippen LogP contribution in [0.3, 0.4) is 0 Å². The van der Waals surface area contributed by atoms with Crippen LogP contribution in [0, 0.1) is 0 Å². The van der Waals surface area contributed by atoms with Crippen molar-refractivity contribution in [3.63, 3.8) is 0 Å². The van der Waals surface area contributed by atoms with Gasteiger partial charge in [0.2, 0.25) is 0 Å². The normalized spacial score (nSPS) is 21.2. The lowest BCUT2D eigenvalue weighted by atomic mass is 9.86. The smallest absolute Gasteiger partial charge is 0.343 e. The van der Waals surface area contributed by atoms with Crippen molar-refractivity contribution in [2.24, 2.45) is 0 Å². The highest BCUT2D eigenvalue weighted by molar-refractivity contribution is 9.15. The molecule has 150 valence electrons. The average molecular weight is 459 g/mol. The number of hydrogen-bond acceptors (Lipinski definition) is 6. The number of nitrogens with zero attached hydrogens (tertiary/aromatic N) is 2. The van der Waals surface area contributed by atoms with E-state index in [2.05, 4.69) is 27.5 Å². The van der Waals surface area contributed by atoms with Crippen molar-refractivity contribution in [1.29, 1.82) is 0 Å². The van der Waals surface area contributed by atoms with Crippen LogP contribution in [0.5, 0.6) is 0 Å². The number of hydrogen-bond donors (Lipinski definition) is 2. The first-order valence-corrected chi connectivity index (χ1v) is 9.93. The van der Waals surface area contributed by atoms with Crippen LogP contribution in [0.2, 0.25) is 0 Å². The Morgan fingerprint density at radius 3 is 2.83 bits per heavy atom. The van der Waals surface area contributed by atoms with Crippen LogP contribution in [0.15, 0.2) is 28.8 Å². The van der Waals surface area contributed by atoms with Crippen LogP contribution in [0.1, 0.15) is 37.0 Å². The van der Waals surface area contributed by atoms with Crippen LogP contribution in [0.4, 0.5) is 0 Å². The molecule has 29 heavy (non-hydrogen) atoms. The lowest BCUT2D eigenvalue weighted by Crippen LogP contribution is -2.44. The van der Waals surface area contributed by atoms with Gasteiger partial charge in [0.25, 0.3) is 5.56 Å². The van der Waals surface area contributed by atoms with E-state index >= 15 is 0 Å². The fourth-order valence-electron chi connectivity index (χ4n) is 3.81. The second-order valence-electron chi connectivity index (χ2n) is 7.08. The van der Waals surface area contributed by atoms with E-state index in [-0.39, 0.29) is 42.0 Å². The highest BCUT2D eigenvalue weighted by Gasteiger charge is 2.45. The molecule has 0 bridgehead atoms. The second-order valence-corrected chi connectivity index (χ2v) is 7.87. The fraction of sp³-hybridized carbons (Fsp3) is 0.286. The van der Waals surface area contributed by atoms with Gasteiger partial charge in [-0.3, -0.25) is 4.79 Å². The zero-order valence-corrected chi connectivity index (χ0v) is 17.5. The monoisotopic (exact) mass is 458 g/mol. The molecule has 0 saturated heterocycles. The number of halogens is 1. The van der Waals surface area contributed by atoms with E-state index in [1.807, 2.05) is 6.07 Å². The Labute approximate surface area is 174 Å². The van der Waals surface area contributed by atoms with Gasteiger partial charge in [-0.15, -0.1) is 0 Å². The van der Waals surface area contributed by atoms with Crippen molar-refractivity contribution in [2.45, 2.75) is 39.0 Å².